The van der Waals surface area contributed by atoms with Crippen LogP contribution in [0.4, 0.5) is 11.4 Å². The molecule has 0 radical (unpaired) electrons. The van der Waals surface area contributed by atoms with Gasteiger partial charge in [0.1, 0.15) is 0 Å². The van der Waals surface area contributed by atoms with Crippen molar-refractivity contribution in [2.45, 2.75) is 6.04 Å². The minimum atomic E-state index is -1.14. The zero-order valence-corrected chi connectivity index (χ0v) is 11.3. The molecule has 0 saturated carbocycles. The summed E-state index contributed by atoms with van der Waals surface area (Å²) in [5.41, 5.74) is 0.622. The number of carboxylic acids is 1. The maximum atomic E-state index is 11.6. The van der Waals surface area contributed by atoms with Gasteiger partial charge in [-0.3, -0.25) is 10.1 Å². The molecule has 0 aliphatic rings. The van der Waals surface area contributed by atoms with Gasteiger partial charge in [-0.2, -0.15) is 0 Å². The van der Waals surface area contributed by atoms with Crippen LogP contribution in [0, 0.1) is 10.1 Å². The third kappa shape index (κ3) is 3.00. The van der Waals surface area contributed by atoms with Crippen molar-refractivity contribution >= 4 is 17.3 Å². The number of para-hydroxylation sites is 2. The molecule has 0 aromatic heterocycles. The highest BCUT2D eigenvalue weighted by atomic mass is 16.6. The van der Waals surface area contributed by atoms with Crippen molar-refractivity contribution in [2.24, 2.45) is 0 Å². The molecule has 2 aromatic rings. The molecule has 108 valence electrons. The molecule has 0 heterocycles. The summed E-state index contributed by atoms with van der Waals surface area (Å²) in [4.78, 5) is 23.7. The largest absolute Gasteiger partial charge is 0.479 e. The highest BCUT2D eigenvalue weighted by Crippen LogP contribution is 2.31. The second-order valence-electron chi connectivity index (χ2n) is 4.50. The maximum absolute atomic E-state index is 11.6. The van der Waals surface area contributed by atoms with Crippen LogP contribution in [0.5, 0.6) is 0 Å². The molecule has 0 fully saturated rings. The lowest BCUT2D eigenvalue weighted by atomic mass is 10.0. The van der Waals surface area contributed by atoms with Gasteiger partial charge in [-0.05, 0) is 18.2 Å². The Balaban J connectivity index is 2.50. The monoisotopic (exact) mass is 286 g/mol. The fourth-order valence-electron chi connectivity index (χ4n) is 2.20. The average molecular weight is 286 g/mol. The SMILES string of the molecule is CN(c1ccccc1)C(C(=O)O)c1ccccc1[N+](=O)[O-]. The van der Waals surface area contributed by atoms with Crippen LogP contribution in [0.25, 0.3) is 0 Å². The predicted molar refractivity (Wildman–Crippen MR) is 78.3 cm³/mol. The summed E-state index contributed by atoms with van der Waals surface area (Å²) in [6.45, 7) is 0. The number of rotatable bonds is 5. The predicted octanol–water partition coefficient (Wildman–Crippen LogP) is 2.86. The van der Waals surface area contributed by atoms with Gasteiger partial charge in [-0.25, -0.2) is 4.79 Å². The van der Waals surface area contributed by atoms with Crippen molar-refractivity contribution in [1.82, 2.24) is 0 Å². The number of nitro benzene ring substituents is 1. The number of aliphatic carboxylic acids is 1. The van der Waals surface area contributed by atoms with Crippen LogP contribution in [-0.2, 0) is 4.79 Å². The first-order valence-corrected chi connectivity index (χ1v) is 6.26. The first kappa shape index (κ1) is 14.5. The molecule has 0 saturated heterocycles. The van der Waals surface area contributed by atoms with Crippen molar-refractivity contribution < 1.29 is 14.8 Å². The molecular formula is C15H14N2O4. The second-order valence-corrected chi connectivity index (χ2v) is 4.50. The maximum Gasteiger partial charge on any atom is 0.331 e. The third-order valence-corrected chi connectivity index (χ3v) is 3.21. The molecule has 1 unspecified atom stereocenters. The lowest BCUT2D eigenvalue weighted by Gasteiger charge is -2.26. The molecule has 0 amide bonds. The quantitative estimate of drug-likeness (QED) is 0.675. The summed E-state index contributed by atoms with van der Waals surface area (Å²) in [6.07, 6.45) is 0. The van der Waals surface area contributed by atoms with E-state index >= 15 is 0 Å². The second kappa shape index (κ2) is 6.04. The molecule has 2 rings (SSSR count). The third-order valence-electron chi connectivity index (χ3n) is 3.21. The van der Waals surface area contributed by atoms with Crippen LogP contribution in [0.2, 0.25) is 0 Å². The first-order valence-electron chi connectivity index (χ1n) is 6.26. The van der Waals surface area contributed by atoms with Crippen LogP contribution >= 0.6 is 0 Å². The van der Waals surface area contributed by atoms with Gasteiger partial charge in [-0.1, -0.05) is 30.3 Å². The standard InChI is InChI=1S/C15H14N2O4/c1-16(11-7-3-2-4-8-11)14(15(18)19)12-9-5-6-10-13(12)17(20)21/h2-10,14H,1H3,(H,18,19). The summed E-state index contributed by atoms with van der Waals surface area (Å²) in [5, 5.41) is 20.6. The number of nitro groups is 1. The van der Waals surface area contributed by atoms with Gasteiger partial charge in [0, 0.05) is 18.8 Å². The number of carbonyl (C=O) groups is 1. The van der Waals surface area contributed by atoms with Crippen LogP contribution < -0.4 is 4.90 Å². The Hall–Kier alpha value is -2.89. The topological polar surface area (TPSA) is 83.7 Å². The van der Waals surface area contributed by atoms with E-state index in [2.05, 4.69) is 0 Å². The van der Waals surface area contributed by atoms with Crippen molar-refractivity contribution in [2.75, 3.05) is 11.9 Å². The van der Waals surface area contributed by atoms with Crippen LogP contribution in [0.3, 0.4) is 0 Å². The van der Waals surface area contributed by atoms with Crippen molar-refractivity contribution in [1.29, 1.82) is 0 Å². The smallest absolute Gasteiger partial charge is 0.331 e. The van der Waals surface area contributed by atoms with E-state index in [1.54, 1.807) is 37.4 Å². The lowest BCUT2D eigenvalue weighted by molar-refractivity contribution is -0.385. The number of benzene rings is 2. The number of carboxylic acid groups (broad SMARTS) is 1. The Kier molecular flexibility index (Phi) is 4.18. The molecular weight excluding hydrogens is 272 g/mol. The van der Waals surface area contributed by atoms with Crippen molar-refractivity contribution in [3.8, 4) is 0 Å². The molecule has 6 nitrogen and oxygen atoms in total. The lowest BCUT2D eigenvalue weighted by Crippen LogP contribution is -2.31. The van der Waals surface area contributed by atoms with Gasteiger partial charge in [0.25, 0.3) is 5.69 Å². The van der Waals surface area contributed by atoms with Gasteiger partial charge in [0.15, 0.2) is 6.04 Å². The normalized spacial score (nSPS) is 11.7. The number of anilines is 1. The van der Waals surface area contributed by atoms with Gasteiger partial charge in [-0.15, -0.1) is 0 Å². The number of hydrogen-bond acceptors (Lipinski definition) is 4. The summed E-state index contributed by atoms with van der Waals surface area (Å²) in [7, 11) is 1.60. The summed E-state index contributed by atoms with van der Waals surface area (Å²) in [5.74, 6) is -1.14. The van der Waals surface area contributed by atoms with E-state index in [0.29, 0.717) is 5.69 Å². The van der Waals surface area contributed by atoms with E-state index in [0.717, 1.165) is 0 Å². The van der Waals surface area contributed by atoms with Crippen molar-refractivity contribution in [3.63, 3.8) is 0 Å². The van der Waals surface area contributed by atoms with E-state index in [-0.39, 0.29) is 11.3 Å². The molecule has 1 atom stereocenters. The summed E-state index contributed by atoms with van der Waals surface area (Å²) in [6, 6.07) is 13.6. The average Bonchev–Trinajstić information content (AvgIpc) is 2.48. The zero-order chi connectivity index (χ0) is 15.4. The Bertz CT molecular complexity index is 658. The van der Waals surface area contributed by atoms with Gasteiger partial charge in [0.05, 0.1) is 10.5 Å². The van der Waals surface area contributed by atoms with E-state index in [9.17, 15) is 20.0 Å². The zero-order valence-electron chi connectivity index (χ0n) is 11.3. The fraction of sp³-hybridized carbons (Fsp3) is 0.133. The molecule has 2 aromatic carbocycles. The molecule has 0 aliphatic heterocycles. The van der Waals surface area contributed by atoms with E-state index in [1.807, 2.05) is 6.07 Å². The molecule has 1 N–H and O–H groups in total. The van der Waals surface area contributed by atoms with Crippen LogP contribution in [-0.4, -0.2) is 23.0 Å². The minimum absolute atomic E-state index is 0.154. The van der Waals surface area contributed by atoms with Gasteiger partial charge < -0.3 is 10.0 Å². The Labute approximate surface area is 121 Å². The fourth-order valence-corrected chi connectivity index (χ4v) is 2.20. The van der Waals surface area contributed by atoms with E-state index in [4.69, 9.17) is 0 Å². The Morgan fingerprint density at radius 1 is 1.14 bits per heavy atom. The molecule has 6 heteroatoms. The van der Waals surface area contributed by atoms with E-state index < -0.39 is 16.9 Å². The molecule has 0 bridgehead atoms. The Morgan fingerprint density at radius 3 is 2.29 bits per heavy atom. The van der Waals surface area contributed by atoms with Gasteiger partial charge >= 0.3 is 5.97 Å². The van der Waals surface area contributed by atoms with Gasteiger partial charge in [0.2, 0.25) is 0 Å². The number of nitrogens with zero attached hydrogens (tertiary/aromatic N) is 2. The van der Waals surface area contributed by atoms with Crippen LogP contribution in [0.1, 0.15) is 11.6 Å². The highest BCUT2D eigenvalue weighted by Gasteiger charge is 2.31. The van der Waals surface area contributed by atoms with Crippen molar-refractivity contribution in [3.05, 3.63) is 70.3 Å². The molecule has 0 spiro atoms. The summed E-state index contributed by atoms with van der Waals surface area (Å²) < 4.78 is 0. The number of likely N-dealkylation sites (N-methyl/N-ethyl adjacent to an activating group) is 1. The van der Waals surface area contributed by atoms with Crippen LogP contribution in [0.15, 0.2) is 54.6 Å². The minimum Gasteiger partial charge on any atom is -0.479 e. The molecule has 21 heavy (non-hydrogen) atoms. The Morgan fingerprint density at radius 2 is 1.71 bits per heavy atom. The highest BCUT2D eigenvalue weighted by molar-refractivity contribution is 5.81. The summed E-state index contributed by atoms with van der Waals surface area (Å²) >= 11 is 0. The first-order chi connectivity index (χ1) is 10.0. The van der Waals surface area contributed by atoms with E-state index in [1.165, 1.54) is 23.1 Å². The molecule has 0 aliphatic carbocycles. The number of hydrogen-bond donors (Lipinski definition) is 1.